The molecule has 1 aliphatic heterocycles. The van der Waals surface area contributed by atoms with Crippen LogP contribution in [-0.2, 0) is 0 Å². The Hall–Kier alpha value is -4.20. The van der Waals surface area contributed by atoms with Crippen LogP contribution in [0.5, 0.6) is 0 Å². The summed E-state index contributed by atoms with van der Waals surface area (Å²) >= 11 is 0. The van der Waals surface area contributed by atoms with Crippen molar-refractivity contribution in [2.24, 2.45) is 0 Å². The lowest BCUT2D eigenvalue weighted by Crippen LogP contribution is -2.30. The van der Waals surface area contributed by atoms with E-state index in [1.54, 1.807) is 24.3 Å². The number of fused-ring (bicyclic) bond motifs is 1. The second-order valence-corrected chi connectivity index (χ2v) is 8.03. The second-order valence-electron chi connectivity index (χ2n) is 8.03. The molecule has 1 aromatic heterocycles. The number of nitrogens with one attached hydrogen (secondary N) is 1. The predicted molar refractivity (Wildman–Crippen MR) is 127 cm³/mol. The van der Waals surface area contributed by atoms with E-state index in [0.29, 0.717) is 22.8 Å². The van der Waals surface area contributed by atoms with E-state index in [2.05, 4.69) is 10.3 Å². The highest BCUT2D eigenvalue weighted by molar-refractivity contribution is 6.05. The summed E-state index contributed by atoms with van der Waals surface area (Å²) in [7, 11) is 0. The summed E-state index contributed by atoms with van der Waals surface area (Å²) in [4.78, 5) is 30.5. The van der Waals surface area contributed by atoms with Gasteiger partial charge in [0.25, 0.3) is 11.6 Å². The molecule has 1 N–H and O–H groups in total. The van der Waals surface area contributed by atoms with Crippen LogP contribution in [0.3, 0.4) is 0 Å². The topological polar surface area (TPSA) is 102 Å². The molecule has 4 aromatic rings. The van der Waals surface area contributed by atoms with Gasteiger partial charge in [0.15, 0.2) is 5.58 Å². The zero-order valence-corrected chi connectivity index (χ0v) is 17.9. The molecule has 0 radical (unpaired) electrons. The standard InChI is InChI=1S/C25H22N4O4/c30-24(18-10-13-21(22(16-18)29(31)32)28-14-4-1-5-15-28)26-19-11-8-17(9-12-19)25-27-20-6-2-3-7-23(20)33-25/h2-3,6-13,16H,1,4-5,14-15H2,(H,26,30). The summed E-state index contributed by atoms with van der Waals surface area (Å²) in [6.45, 7) is 1.58. The van der Waals surface area contributed by atoms with Gasteiger partial charge in [0.1, 0.15) is 11.2 Å². The Morgan fingerprint density at radius 1 is 1.00 bits per heavy atom. The Bertz CT molecular complexity index is 1290. The summed E-state index contributed by atoms with van der Waals surface area (Å²) in [6.07, 6.45) is 3.16. The van der Waals surface area contributed by atoms with Crippen molar-refractivity contribution in [1.29, 1.82) is 0 Å². The lowest BCUT2D eigenvalue weighted by Gasteiger charge is -2.28. The van der Waals surface area contributed by atoms with Crippen molar-refractivity contribution in [3.05, 3.63) is 82.4 Å². The molecule has 1 saturated heterocycles. The number of nitro groups is 1. The summed E-state index contributed by atoms with van der Waals surface area (Å²) < 4.78 is 5.77. The molecule has 0 atom stereocenters. The van der Waals surface area contributed by atoms with Gasteiger partial charge in [-0.25, -0.2) is 4.98 Å². The van der Waals surface area contributed by atoms with Crippen molar-refractivity contribution < 1.29 is 14.1 Å². The number of piperidine rings is 1. The smallest absolute Gasteiger partial charge is 0.293 e. The molecule has 8 nitrogen and oxygen atoms in total. The molecule has 0 saturated carbocycles. The average molecular weight is 442 g/mol. The number of nitro benzene ring substituents is 1. The molecule has 1 amide bonds. The SMILES string of the molecule is O=C(Nc1ccc(-c2nc3ccccc3o2)cc1)c1ccc(N2CCCCC2)c([N+](=O)[O-])c1. The highest BCUT2D eigenvalue weighted by Crippen LogP contribution is 2.32. The van der Waals surface area contributed by atoms with Crippen molar-refractivity contribution in [1.82, 2.24) is 4.98 Å². The molecule has 0 unspecified atom stereocenters. The number of benzene rings is 3. The van der Waals surface area contributed by atoms with Gasteiger partial charge in [-0.05, 0) is 67.8 Å². The highest BCUT2D eigenvalue weighted by atomic mass is 16.6. The monoisotopic (exact) mass is 442 g/mol. The number of para-hydroxylation sites is 2. The third-order valence-corrected chi connectivity index (χ3v) is 5.81. The van der Waals surface area contributed by atoms with Gasteiger partial charge in [-0.15, -0.1) is 0 Å². The number of aromatic nitrogens is 1. The quantitative estimate of drug-likeness (QED) is 0.317. The fraction of sp³-hybridized carbons (Fsp3) is 0.200. The number of carbonyl (C=O) groups excluding carboxylic acids is 1. The summed E-state index contributed by atoms with van der Waals surface area (Å²) in [5.41, 5.74) is 3.60. The van der Waals surface area contributed by atoms with E-state index in [-0.39, 0.29) is 11.3 Å². The zero-order valence-electron chi connectivity index (χ0n) is 17.9. The van der Waals surface area contributed by atoms with E-state index in [4.69, 9.17) is 4.42 Å². The van der Waals surface area contributed by atoms with Gasteiger partial charge in [-0.1, -0.05) is 12.1 Å². The third-order valence-electron chi connectivity index (χ3n) is 5.81. The Balaban J connectivity index is 1.33. The number of carbonyl (C=O) groups is 1. The summed E-state index contributed by atoms with van der Waals surface area (Å²) in [5.74, 6) is 0.0934. The fourth-order valence-corrected chi connectivity index (χ4v) is 4.11. The first-order valence-electron chi connectivity index (χ1n) is 10.9. The highest BCUT2D eigenvalue weighted by Gasteiger charge is 2.23. The molecule has 3 aromatic carbocycles. The molecular formula is C25H22N4O4. The summed E-state index contributed by atoms with van der Waals surface area (Å²) in [6, 6.07) is 19.3. The van der Waals surface area contributed by atoms with Crippen LogP contribution in [0.2, 0.25) is 0 Å². The number of amides is 1. The molecule has 2 heterocycles. The van der Waals surface area contributed by atoms with Crippen molar-refractivity contribution in [2.75, 3.05) is 23.3 Å². The minimum Gasteiger partial charge on any atom is -0.436 e. The first-order valence-corrected chi connectivity index (χ1v) is 10.9. The number of oxazole rings is 1. The van der Waals surface area contributed by atoms with Crippen LogP contribution >= 0.6 is 0 Å². The number of rotatable bonds is 5. The normalized spacial score (nSPS) is 13.8. The molecule has 0 spiro atoms. The Morgan fingerprint density at radius 3 is 2.48 bits per heavy atom. The average Bonchev–Trinajstić information content (AvgIpc) is 3.29. The van der Waals surface area contributed by atoms with Gasteiger partial charge in [0.2, 0.25) is 5.89 Å². The molecule has 33 heavy (non-hydrogen) atoms. The minimum absolute atomic E-state index is 0.0455. The van der Waals surface area contributed by atoms with Crippen molar-refractivity contribution >= 4 is 34.1 Å². The van der Waals surface area contributed by atoms with E-state index in [1.807, 2.05) is 41.3 Å². The maximum absolute atomic E-state index is 12.8. The van der Waals surface area contributed by atoms with E-state index >= 15 is 0 Å². The lowest BCUT2D eigenvalue weighted by molar-refractivity contribution is -0.384. The first kappa shape index (κ1) is 20.7. The molecule has 8 heteroatoms. The molecule has 0 aliphatic carbocycles. The van der Waals surface area contributed by atoms with Crippen LogP contribution in [0, 0.1) is 10.1 Å². The van der Waals surface area contributed by atoms with Crippen LogP contribution in [0.4, 0.5) is 17.1 Å². The lowest BCUT2D eigenvalue weighted by atomic mass is 10.1. The van der Waals surface area contributed by atoms with Crippen LogP contribution in [0.1, 0.15) is 29.6 Å². The van der Waals surface area contributed by atoms with Gasteiger partial charge in [-0.2, -0.15) is 0 Å². The van der Waals surface area contributed by atoms with Crippen molar-refractivity contribution in [3.63, 3.8) is 0 Å². The first-order chi connectivity index (χ1) is 16.1. The molecule has 166 valence electrons. The third kappa shape index (κ3) is 4.27. The number of hydrogen-bond acceptors (Lipinski definition) is 6. The second kappa shape index (κ2) is 8.74. The minimum atomic E-state index is -0.421. The van der Waals surface area contributed by atoms with E-state index in [1.165, 1.54) is 6.07 Å². The van der Waals surface area contributed by atoms with Crippen molar-refractivity contribution in [3.8, 4) is 11.5 Å². The molecular weight excluding hydrogens is 420 g/mol. The molecule has 1 aliphatic rings. The maximum Gasteiger partial charge on any atom is 0.293 e. The van der Waals surface area contributed by atoms with Crippen molar-refractivity contribution in [2.45, 2.75) is 19.3 Å². The molecule has 5 rings (SSSR count). The Morgan fingerprint density at radius 2 is 1.76 bits per heavy atom. The number of nitrogens with zero attached hydrogens (tertiary/aromatic N) is 3. The number of hydrogen-bond donors (Lipinski definition) is 1. The molecule has 0 bridgehead atoms. The van der Waals surface area contributed by atoms with E-state index < -0.39 is 10.8 Å². The Kier molecular flexibility index (Phi) is 5.48. The van der Waals surface area contributed by atoms with Gasteiger partial charge in [-0.3, -0.25) is 14.9 Å². The number of anilines is 2. The van der Waals surface area contributed by atoms with Crippen LogP contribution < -0.4 is 10.2 Å². The maximum atomic E-state index is 12.8. The van der Waals surface area contributed by atoms with E-state index in [9.17, 15) is 14.9 Å². The van der Waals surface area contributed by atoms with E-state index in [0.717, 1.165) is 43.4 Å². The molecule has 1 fully saturated rings. The van der Waals surface area contributed by atoms with Gasteiger partial charge >= 0.3 is 0 Å². The van der Waals surface area contributed by atoms with Gasteiger partial charge in [0, 0.05) is 36.0 Å². The predicted octanol–water partition coefficient (Wildman–Crippen LogP) is 5.65. The van der Waals surface area contributed by atoms with Crippen LogP contribution in [0.15, 0.2) is 71.1 Å². The van der Waals surface area contributed by atoms with Crippen LogP contribution in [0.25, 0.3) is 22.6 Å². The van der Waals surface area contributed by atoms with Gasteiger partial charge in [0.05, 0.1) is 4.92 Å². The largest absolute Gasteiger partial charge is 0.436 e. The van der Waals surface area contributed by atoms with Gasteiger partial charge < -0.3 is 14.6 Å². The Labute approximate surface area is 190 Å². The van der Waals surface area contributed by atoms with Crippen LogP contribution in [-0.4, -0.2) is 28.9 Å². The summed E-state index contributed by atoms with van der Waals surface area (Å²) in [5, 5.41) is 14.5. The fourth-order valence-electron chi connectivity index (χ4n) is 4.11. The zero-order chi connectivity index (χ0) is 22.8.